The summed E-state index contributed by atoms with van der Waals surface area (Å²) in [4.78, 5) is 52.8. The van der Waals surface area contributed by atoms with E-state index in [9.17, 15) is 19.2 Å². The van der Waals surface area contributed by atoms with Crippen molar-refractivity contribution >= 4 is 29.4 Å². The SMILES string of the molecule is COC(=O)C(C)NC(=O)CNC(=O)c1cccc(-c2cc(C(=O)Nc3ccncc3)ccc2CN)c1. The van der Waals surface area contributed by atoms with E-state index in [4.69, 9.17) is 5.73 Å². The standard InChI is InChI=1S/C26H27N5O5/c1-16(26(35)36-2)30-23(32)15-29-24(33)18-5-3-4-17(12-18)22-13-19(6-7-20(22)14-27)25(34)31-21-8-10-28-11-9-21/h3-13,16H,14-15,27H2,1-2H3,(H,29,33)(H,30,32)(H,28,31,34). The van der Waals surface area contributed by atoms with Crippen LogP contribution in [0.15, 0.2) is 67.0 Å². The molecule has 0 saturated carbocycles. The maximum atomic E-state index is 12.8. The van der Waals surface area contributed by atoms with Crippen molar-refractivity contribution < 1.29 is 23.9 Å². The summed E-state index contributed by atoms with van der Waals surface area (Å²) in [5.41, 5.74) is 9.46. The molecule has 0 aliphatic heterocycles. The van der Waals surface area contributed by atoms with Gasteiger partial charge in [-0.25, -0.2) is 4.79 Å². The number of ether oxygens (including phenoxy) is 1. The minimum atomic E-state index is -0.833. The van der Waals surface area contributed by atoms with Crippen LogP contribution in [-0.2, 0) is 20.9 Å². The van der Waals surface area contributed by atoms with Crippen LogP contribution in [0.5, 0.6) is 0 Å². The van der Waals surface area contributed by atoms with Gasteiger partial charge in [0.1, 0.15) is 6.04 Å². The molecule has 0 radical (unpaired) electrons. The first-order valence-electron chi connectivity index (χ1n) is 11.1. The van der Waals surface area contributed by atoms with Crippen molar-refractivity contribution in [2.45, 2.75) is 19.5 Å². The Morgan fingerprint density at radius 3 is 2.39 bits per heavy atom. The molecule has 1 atom stereocenters. The number of rotatable bonds is 9. The Bertz CT molecular complexity index is 1260. The fraction of sp³-hybridized carbons (Fsp3) is 0.192. The first kappa shape index (κ1) is 26.0. The average molecular weight is 490 g/mol. The van der Waals surface area contributed by atoms with Gasteiger partial charge in [0.25, 0.3) is 11.8 Å². The molecule has 3 rings (SSSR count). The number of nitrogens with two attached hydrogens (primary N) is 1. The van der Waals surface area contributed by atoms with E-state index < -0.39 is 23.8 Å². The Balaban J connectivity index is 1.75. The van der Waals surface area contributed by atoms with Crippen LogP contribution in [0.3, 0.4) is 0 Å². The van der Waals surface area contributed by atoms with E-state index in [-0.39, 0.29) is 19.0 Å². The maximum absolute atomic E-state index is 12.8. The van der Waals surface area contributed by atoms with Crippen LogP contribution in [0.1, 0.15) is 33.2 Å². The Morgan fingerprint density at radius 1 is 0.972 bits per heavy atom. The molecule has 3 aromatic rings. The Morgan fingerprint density at radius 2 is 1.69 bits per heavy atom. The van der Waals surface area contributed by atoms with Crippen LogP contribution in [0.4, 0.5) is 5.69 Å². The molecular formula is C26H27N5O5. The molecule has 3 amide bonds. The van der Waals surface area contributed by atoms with Crippen LogP contribution in [0, 0.1) is 0 Å². The highest BCUT2D eigenvalue weighted by atomic mass is 16.5. The van der Waals surface area contributed by atoms with Gasteiger partial charge in [0, 0.05) is 35.8 Å². The van der Waals surface area contributed by atoms with Crippen LogP contribution in [0.2, 0.25) is 0 Å². The lowest BCUT2D eigenvalue weighted by atomic mass is 9.95. The predicted octanol–water partition coefficient (Wildman–Crippen LogP) is 1.87. The molecule has 10 nitrogen and oxygen atoms in total. The van der Waals surface area contributed by atoms with Crippen LogP contribution in [-0.4, -0.2) is 48.4 Å². The molecule has 0 spiro atoms. The smallest absolute Gasteiger partial charge is 0.328 e. The number of amides is 3. The van der Waals surface area contributed by atoms with E-state index in [0.29, 0.717) is 27.9 Å². The summed E-state index contributed by atoms with van der Waals surface area (Å²) < 4.78 is 4.56. The number of hydrogen-bond acceptors (Lipinski definition) is 7. The zero-order valence-corrected chi connectivity index (χ0v) is 19.9. The van der Waals surface area contributed by atoms with E-state index in [1.807, 2.05) is 0 Å². The maximum Gasteiger partial charge on any atom is 0.328 e. The molecule has 36 heavy (non-hydrogen) atoms. The molecule has 0 fully saturated rings. The molecule has 1 heterocycles. The van der Waals surface area contributed by atoms with E-state index in [1.165, 1.54) is 14.0 Å². The number of aromatic nitrogens is 1. The molecule has 1 aromatic heterocycles. The highest BCUT2D eigenvalue weighted by molar-refractivity contribution is 6.05. The number of methoxy groups -OCH3 is 1. The summed E-state index contributed by atoms with van der Waals surface area (Å²) in [6, 6.07) is 14.5. The summed E-state index contributed by atoms with van der Waals surface area (Å²) in [7, 11) is 1.22. The van der Waals surface area contributed by atoms with Gasteiger partial charge in [0.2, 0.25) is 5.91 Å². The fourth-order valence-corrected chi connectivity index (χ4v) is 3.42. The predicted molar refractivity (Wildman–Crippen MR) is 134 cm³/mol. The zero-order valence-electron chi connectivity index (χ0n) is 19.9. The second-order valence-corrected chi connectivity index (χ2v) is 7.84. The number of nitrogens with zero attached hydrogens (tertiary/aromatic N) is 1. The van der Waals surface area contributed by atoms with Gasteiger partial charge in [-0.05, 0) is 60.0 Å². The summed E-state index contributed by atoms with van der Waals surface area (Å²) in [6.45, 7) is 1.40. The Kier molecular flexibility index (Phi) is 8.84. The number of anilines is 1. The van der Waals surface area contributed by atoms with E-state index in [1.54, 1.807) is 67.0 Å². The van der Waals surface area contributed by atoms with Crippen molar-refractivity contribution in [2.24, 2.45) is 5.73 Å². The van der Waals surface area contributed by atoms with Gasteiger partial charge >= 0.3 is 5.97 Å². The van der Waals surface area contributed by atoms with E-state index in [2.05, 4.69) is 25.7 Å². The second kappa shape index (κ2) is 12.2. The van der Waals surface area contributed by atoms with E-state index in [0.717, 1.165) is 5.56 Å². The topological polar surface area (TPSA) is 153 Å². The average Bonchev–Trinajstić information content (AvgIpc) is 2.91. The van der Waals surface area contributed by atoms with Gasteiger partial charge in [-0.3, -0.25) is 19.4 Å². The van der Waals surface area contributed by atoms with E-state index >= 15 is 0 Å². The van der Waals surface area contributed by atoms with Gasteiger partial charge < -0.3 is 26.4 Å². The highest BCUT2D eigenvalue weighted by Crippen LogP contribution is 2.26. The minimum absolute atomic E-state index is 0.233. The first-order valence-corrected chi connectivity index (χ1v) is 11.1. The lowest BCUT2D eigenvalue weighted by molar-refractivity contribution is -0.144. The van der Waals surface area contributed by atoms with Gasteiger partial charge in [0.15, 0.2) is 0 Å². The largest absolute Gasteiger partial charge is 0.467 e. The minimum Gasteiger partial charge on any atom is -0.467 e. The molecule has 10 heteroatoms. The lowest BCUT2D eigenvalue weighted by Gasteiger charge is -2.13. The zero-order chi connectivity index (χ0) is 26.1. The van der Waals surface area contributed by atoms with Crippen LogP contribution in [0.25, 0.3) is 11.1 Å². The molecule has 0 aliphatic rings. The molecule has 186 valence electrons. The van der Waals surface area contributed by atoms with Crippen molar-refractivity contribution in [1.29, 1.82) is 0 Å². The summed E-state index contributed by atoms with van der Waals surface area (Å²) in [6.07, 6.45) is 3.16. The number of pyridine rings is 1. The molecule has 5 N–H and O–H groups in total. The molecule has 0 bridgehead atoms. The molecular weight excluding hydrogens is 462 g/mol. The number of nitrogens with one attached hydrogen (secondary N) is 3. The number of hydrogen-bond donors (Lipinski definition) is 4. The molecule has 2 aromatic carbocycles. The number of carbonyl (C=O) groups is 4. The number of benzene rings is 2. The molecule has 1 unspecified atom stereocenters. The van der Waals surface area contributed by atoms with Crippen molar-refractivity contribution in [3.05, 3.63) is 83.7 Å². The van der Waals surface area contributed by atoms with Crippen molar-refractivity contribution in [2.75, 3.05) is 19.0 Å². The third-order valence-corrected chi connectivity index (χ3v) is 5.31. The lowest BCUT2D eigenvalue weighted by Crippen LogP contribution is -2.44. The van der Waals surface area contributed by atoms with Gasteiger partial charge in [-0.2, -0.15) is 0 Å². The first-order chi connectivity index (χ1) is 17.3. The van der Waals surface area contributed by atoms with Crippen LogP contribution < -0.4 is 21.7 Å². The fourth-order valence-electron chi connectivity index (χ4n) is 3.42. The summed E-state index contributed by atoms with van der Waals surface area (Å²) in [5, 5.41) is 7.78. The molecule has 0 aliphatic carbocycles. The van der Waals surface area contributed by atoms with Crippen LogP contribution >= 0.6 is 0 Å². The normalized spacial score (nSPS) is 11.2. The Labute approximate surface area is 208 Å². The van der Waals surface area contributed by atoms with Gasteiger partial charge in [-0.1, -0.05) is 18.2 Å². The quantitative estimate of drug-likeness (QED) is 0.335. The highest BCUT2D eigenvalue weighted by Gasteiger charge is 2.17. The second-order valence-electron chi connectivity index (χ2n) is 7.84. The number of esters is 1. The van der Waals surface area contributed by atoms with Crippen molar-refractivity contribution in [1.82, 2.24) is 15.6 Å². The van der Waals surface area contributed by atoms with Gasteiger partial charge in [0.05, 0.1) is 13.7 Å². The third-order valence-electron chi connectivity index (χ3n) is 5.31. The van der Waals surface area contributed by atoms with Crippen molar-refractivity contribution in [3.63, 3.8) is 0 Å². The monoisotopic (exact) mass is 489 g/mol. The Hall–Kier alpha value is -4.57. The van der Waals surface area contributed by atoms with Gasteiger partial charge in [-0.15, -0.1) is 0 Å². The number of carbonyl (C=O) groups excluding carboxylic acids is 4. The molecule has 0 saturated heterocycles. The summed E-state index contributed by atoms with van der Waals surface area (Å²) in [5.74, 6) is -1.89. The third kappa shape index (κ3) is 6.73. The summed E-state index contributed by atoms with van der Waals surface area (Å²) >= 11 is 0. The van der Waals surface area contributed by atoms with Crippen molar-refractivity contribution in [3.8, 4) is 11.1 Å².